The van der Waals surface area contributed by atoms with Crippen molar-refractivity contribution in [1.82, 2.24) is 19.5 Å². The Morgan fingerprint density at radius 2 is 1.52 bits per heavy atom. The number of nitrogens with one attached hydrogen (secondary N) is 1. The van der Waals surface area contributed by atoms with Crippen molar-refractivity contribution < 1.29 is 9.13 Å². The van der Waals surface area contributed by atoms with Crippen LogP contribution in [0, 0.1) is 5.82 Å². The van der Waals surface area contributed by atoms with Gasteiger partial charge in [-0.15, -0.1) is 0 Å². The minimum atomic E-state index is -0.299. The number of aromatic nitrogens is 4. The molecule has 2 heterocycles. The van der Waals surface area contributed by atoms with E-state index in [1.807, 2.05) is 60.7 Å². The first-order chi connectivity index (χ1) is 21.4. The molecular weight excluding hydrogens is 619 g/mol. The Bertz CT molecular complexity index is 1910. The lowest BCUT2D eigenvalue weighted by Gasteiger charge is -2.22. The third kappa shape index (κ3) is 6.71. The van der Waals surface area contributed by atoms with Crippen LogP contribution in [0.1, 0.15) is 39.7 Å². The zero-order valence-corrected chi connectivity index (χ0v) is 25.7. The Hall–Kier alpha value is -4.82. The van der Waals surface area contributed by atoms with E-state index in [1.54, 1.807) is 29.9 Å². The van der Waals surface area contributed by atoms with E-state index in [0.717, 1.165) is 32.4 Å². The summed E-state index contributed by atoms with van der Waals surface area (Å²) in [5.41, 5.74) is 4.86. The van der Waals surface area contributed by atoms with Crippen LogP contribution in [0.25, 0.3) is 11.5 Å². The van der Waals surface area contributed by atoms with Gasteiger partial charge in [0.05, 0.1) is 0 Å². The SMILES string of the molecule is Cn1c(C(Cc2ccccc2)c2ccc(Br)cc2)nc(-c2ncc(Cc3ccc(F)cc3)[nH]2)c(OCc2ccccc2)c1=O. The van der Waals surface area contributed by atoms with Crippen LogP contribution in [-0.4, -0.2) is 19.5 Å². The third-order valence-electron chi connectivity index (χ3n) is 7.54. The normalized spacial score (nSPS) is 11.8. The van der Waals surface area contributed by atoms with E-state index in [4.69, 9.17) is 9.72 Å². The molecule has 0 saturated heterocycles. The predicted octanol–water partition coefficient (Wildman–Crippen LogP) is 7.62. The Morgan fingerprint density at radius 3 is 2.20 bits per heavy atom. The maximum atomic E-state index is 14.1. The van der Waals surface area contributed by atoms with Crippen LogP contribution in [0.15, 0.2) is 125 Å². The molecule has 2 aromatic heterocycles. The number of aromatic amines is 1. The van der Waals surface area contributed by atoms with E-state index in [1.165, 1.54) is 12.1 Å². The number of halogens is 2. The Kier molecular flexibility index (Phi) is 8.79. The van der Waals surface area contributed by atoms with Crippen molar-refractivity contribution in [1.29, 1.82) is 0 Å². The first kappa shape index (κ1) is 29.3. The molecule has 0 fully saturated rings. The van der Waals surface area contributed by atoms with Crippen LogP contribution < -0.4 is 10.3 Å². The van der Waals surface area contributed by atoms with Crippen LogP contribution in [0.2, 0.25) is 0 Å². The van der Waals surface area contributed by atoms with E-state index in [2.05, 4.69) is 50.2 Å². The first-order valence-electron chi connectivity index (χ1n) is 14.3. The second-order valence-corrected chi connectivity index (χ2v) is 11.6. The summed E-state index contributed by atoms with van der Waals surface area (Å²) >= 11 is 3.54. The molecule has 220 valence electrons. The van der Waals surface area contributed by atoms with Crippen molar-refractivity contribution in [2.75, 3.05) is 0 Å². The van der Waals surface area contributed by atoms with E-state index >= 15 is 0 Å². The summed E-state index contributed by atoms with van der Waals surface area (Å²) in [5.74, 6) is 0.640. The van der Waals surface area contributed by atoms with Gasteiger partial charge in [-0.3, -0.25) is 9.36 Å². The summed E-state index contributed by atoms with van der Waals surface area (Å²) in [5, 5.41) is 0. The number of ether oxygens (including phenoxy) is 1. The van der Waals surface area contributed by atoms with Gasteiger partial charge in [0.25, 0.3) is 5.56 Å². The molecule has 0 radical (unpaired) electrons. The van der Waals surface area contributed by atoms with Gasteiger partial charge >= 0.3 is 0 Å². The Labute approximate surface area is 263 Å². The van der Waals surface area contributed by atoms with Crippen LogP contribution in [0.5, 0.6) is 5.75 Å². The molecule has 0 amide bonds. The van der Waals surface area contributed by atoms with Crippen molar-refractivity contribution in [2.45, 2.75) is 25.4 Å². The molecule has 6 rings (SSSR count). The van der Waals surface area contributed by atoms with Crippen molar-refractivity contribution in [3.8, 4) is 17.3 Å². The maximum Gasteiger partial charge on any atom is 0.296 e. The number of H-pyrrole nitrogens is 1. The number of hydrogen-bond acceptors (Lipinski definition) is 4. The fourth-order valence-corrected chi connectivity index (χ4v) is 5.49. The highest BCUT2D eigenvalue weighted by molar-refractivity contribution is 9.10. The second-order valence-electron chi connectivity index (χ2n) is 10.6. The van der Waals surface area contributed by atoms with Gasteiger partial charge in [0.1, 0.15) is 18.2 Å². The molecule has 4 aromatic carbocycles. The molecule has 0 bridgehead atoms. The fraction of sp³-hybridized carbons (Fsp3) is 0.139. The zero-order chi connectivity index (χ0) is 30.5. The number of rotatable bonds is 10. The fourth-order valence-electron chi connectivity index (χ4n) is 5.22. The summed E-state index contributed by atoms with van der Waals surface area (Å²) in [6.45, 7) is 0.202. The van der Waals surface area contributed by atoms with Crippen LogP contribution >= 0.6 is 15.9 Å². The van der Waals surface area contributed by atoms with Gasteiger partial charge in [-0.05, 0) is 52.9 Å². The van der Waals surface area contributed by atoms with Crippen molar-refractivity contribution in [3.05, 3.63) is 170 Å². The van der Waals surface area contributed by atoms with Crippen molar-refractivity contribution in [2.24, 2.45) is 7.05 Å². The van der Waals surface area contributed by atoms with Gasteiger partial charge in [0, 0.05) is 35.7 Å². The zero-order valence-electron chi connectivity index (χ0n) is 24.1. The lowest BCUT2D eigenvalue weighted by atomic mass is 9.91. The molecule has 0 aliphatic heterocycles. The average Bonchev–Trinajstić information content (AvgIpc) is 3.51. The van der Waals surface area contributed by atoms with Gasteiger partial charge in [-0.1, -0.05) is 101 Å². The highest BCUT2D eigenvalue weighted by Gasteiger charge is 2.26. The van der Waals surface area contributed by atoms with E-state index < -0.39 is 0 Å². The molecule has 6 nitrogen and oxygen atoms in total. The van der Waals surface area contributed by atoms with Gasteiger partial charge in [-0.25, -0.2) is 14.4 Å². The molecule has 1 N–H and O–H groups in total. The van der Waals surface area contributed by atoms with Crippen LogP contribution in [-0.2, 0) is 26.5 Å². The molecule has 0 aliphatic rings. The van der Waals surface area contributed by atoms with Crippen LogP contribution in [0.4, 0.5) is 4.39 Å². The van der Waals surface area contributed by atoms with E-state index in [-0.39, 0.29) is 29.7 Å². The lowest BCUT2D eigenvalue weighted by Crippen LogP contribution is -2.28. The largest absolute Gasteiger partial charge is 0.481 e. The summed E-state index contributed by atoms with van der Waals surface area (Å²) in [6, 6.07) is 34.3. The topological polar surface area (TPSA) is 72.8 Å². The molecule has 6 aromatic rings. The standard InChI is InChI=1S/C36H30BrFN4O2/c1-42-35(31(21-24-8-4-2-5-9-24)27-14-16-28(37)17-15-27)41-32(33(36(42)43)44-23-26-10-6-3-7-11-26)34-39-22-30(40-34)20-25-12-18-29(38)19-13-25/h2-19,22,31H,20-21,23H2,1H3,(H,39,40). The lowest BCUT2D eigenvalue weighted by molar-refractivity contribution is 0.298. The number of imidazole rings is 1. The first-order valence-corrected chi connectivity index (χ1v) is 15.1. The van der Waals surface area contributed by atoms with Gasteiger partial charge < -0.3 is 9.72 Å². The maximum absolute atomic E-state index is 14.1. The highest BCUT2D eigenvalue weighted by atomic mass is 79.9. The summed E-state index contributed by atoms with van der Waals surface area (Å²) in [7, 11) is 1.74. The van der Waals surface area contributed by atoms with Gasteiger partial charge in [-0.2, -0.15) is 0 Å². The molecule has 0 spiro atoms. The van der Waals surface area contributed by atoms with Crippen LogP contribution in [0.3, 0.4) is 0 Å². The Balaban J connectivity index is 1.45. The molecular formula is C36H30BrFN4O2. The van der Waals surface area contributed by atoms with E-state index in [9.17, 15) is 9.18 Å². The number of hydrogen-bond donors (Lipinski definition) is 1. The predicted molar refractivity (Wildman–Crippen MR) is 173 cm³/mol. The van der Waals surface area contributed by atoms with Gasteiger partial charge in [0.15, 0.2) is 11.5 Å². The number of nitrogens with zero attached hydrogens (tertiary/aromatic N) is 3. The van der Waals surface area contributed by atoms with E-state index in [0.29, 0.717) is 30.2 Å². The van der Waals surface area contributed by atoms with Crippen molar-refractivity contribution in [3.63, 3.8) is 0 Å². The monoisotopic (exact) mass is 648 g/mol. The molecule has 8 heteroatoms. The molecule has 1 unspecified atom stereocenters. The third-order valence-corrected chi connectivity index (χ3v) is 8.07. The molecule has 0 aliphatic carbocycles. The quantitative estimate of drug-likeness (QED) is 0.166. The molecule has 1 atom stereocenters. The van der Waals surface area contributed by atoms with Crippen molar-refractivity contribution >= 4 is 15.9 Å². The average molecular weight is 650 g/mol. The smallest absolute Gasteiger partial charge is 0.296 e. The second kappa shape index (κ2) is 13.2. The minimum absolute atomic E-state index is 0.122. The summed E-state index contributed by atoms with van der Waals surface area (Å²) < 4.78 is 22.2. The molecule has 0 saturated carbocycles. The Morgan fingerprint density at radius 1 is 0.864 bits per heavy atom. The highest BCUT2D eigenvalue weighted by Crippen LogP contribution is 2.32. The summed E-state index contributed by atoms with van der Waals surface area (Å²) in [6.07, 6.45) is 2.87. The number of benzene rings is 4. The minimum Gasteiger partial charge on any atom is -0.481 e. The van der Waals surface area contributed by atoms with Gasteiger partial charge in [0.2, 0.25) is 5.75 Å². The summed E-state index contributed by atoms with van der Waals surface area (Å²) in [4.78, 5) is 27.2. The molecule has 44 heavy (non-hydrogen) atoms.